The second-order valence-corrected chi connectivity index (χ2v) is 6.23. The van der Waals surface area contributed by atoms with Gasteiger partial charge in [-0.25, -0.2) is 4.39 Å². The van der Waals surface area contributed by atoms with Gasteiger partial charge in [-0.15, -0.1) is 0 Å². The summed E-state index contributed by atoms with van der Waals surface area (Å²) in [4.78, 5) is 14.3. The number of carbonyl (C=O) groups excluding carboxylic acids is 1. The predicted octanol–water partition coefficient (Wildman–Crippen LogP) is 2.56. The van der Waals surface area contributed by atoms with Crippen molar-refractivity contribution in [3.8, 4) is 0 Å². The van der Waals surface area contributed by atoms with Gasteiger partial charge in [-0.3, -0.25) is 9.69 Å². The van der Waals surface area contributed by atoms with E-state index in [1.54, 1.807) is 12.1 Å². The summed E-state index contributed by atoms with van der Waals surface area (Å²) >= 11 is 0. The van der Waals surface area contributed by atoms with E-state index in [2.05, 4.69) is 22.3 Å². The Morgan fingerprint density at radius 3 is 2.68 bits per heavy atom. The first-order chi connectivity index (χ1) is 12.2. The van der Waals surface area contributed by atoms with Crippen LogP contribution in [-0.4, -0.2) is 43.6 Å². The molecule has 132 valence electrons. The first kappa shape index (κ1) is 17.6. The van der Waals surface area contributed by atoms with Crippen LogP contribution >= 0.6 is 0 Å². The summed E-state index contributed by atoms with van der Waals surface area (Å²) in [6.45, 7) is 3.03. The number of nitrogens with zero attached hydrogens (tertiary/aromatic N) is 1. The molecular formula is C20H23FN2O2. The molecule has 1 aliphatic rings. The van der Waals surface area contributed by atoms with Crippen molar-refractivity contribution in [3.05, 3.63) is 71.5 Å². The molecule has 1 heterocycles. The molecule has 1 aliphatic heterocycles. The molecule has 1 unspecified atom stereocenters. The van der Waals surface area contributed by atoms with Crippen molar-refractivity contribution in [1.29, 1.82) is 0 Å². The van der Waals surface area contributed by atoms with Crippen molar-refractivity contribution in [2.75, 3.05) is 32.8 Å². The fraction of sp³-hybridized carbons (Fsp3) is 0.350. The van der Waals surface area contributed by atoms with E-state index < -0.39 is 0 Å². The molecule has 0 radical (unpaired) electrons. The minimum Gasteiger partial charge on any atom is -0.371 e. The van der Waals surface area contributed by atoms with Gasteiger partial charge in [0.1, 0.15) is 5.82 Å². The van der Waals surface area contributed by atoms with Crippen LogP contribution in [0.25, 0.3) is 0 Å². The Hall–Kier alpha value is -2.24. The SMILES string of the molecule is O=C(CN1CCOC(c2ccccc2)C1)NCCc1ccc(F)cc1. The molecule has 1 atom stereocenters. The molecule has 4 nitrogen and oxygen atoms in total. The molecule has 2 aromatic rings. The standard InChI is InChI=1S/C20H23FN2O2/c21-18-8-6-16(7-9-18)10-11-22-20(24)15-23-12-13-25-19(14-23)17-4-2-1-3-5-17/h1-9,19H,10-15H2,(H,22,24). The quantitative estimate of drug-likeness (QED) is 0.877. The highest BCUT2D eigenvalue weighted by Crippen LogP contribution is 2.21. The van der Waals surface area contributed by atoms with Crippen molar-refractivity contribution < 1.29 is 13.9 Å². The van der Waals surface area contributed by atoms with Crippen molar-refractivity contribution in [2.45, 2.75) is 12.5 Å². The van der Waals surface area contributed by atoms with E-state index in [0.717, 1.165) is 24.2 Å². The Labute approximate surface area is 147 Å². The number of ether oxygens (including phenoxy) is 1. The fourth-order valence-electron chi connectivity index (χ4n) is 2.97. The van der Waals surface area contributed by atoms with Gasteiger partial charge in [-0.05, 0) is 29.7 Å². The zero-order valence-corrected chi connectivity index (χ0v) is 14.2. The van der Waals surface area contributed by atoms with Crippen LogP contribution < -0.4 is 5.32 Å². The topological polar surface area (TPSA) is 41.6 Å². The summed E-state index contributed by atoms with van der Waals surface area (Å²) < 4.78 is 18.7. The highest BCUT2D eigenvalue weighted by Gasteiger charge is 2.23. The van der Waals surface area contributed by atoms with E-state index in [-0.39, 0.29) is 17.8 Å². The first-order valence-electron chi connectivity index (χ1n) is 8.61. The largest absolute Gasteiger partial charge is 0.371 e. The Morgan fingerprint density at radius 2 is 1.92 bits per heavy atom. The maximum Gasteiger partial charge on any atom is 0.234 e. The fourth-order valence-corrected chi connectivity index (χ4v) is 2.97. The van der Waals surface area contributed by atoms with Gasteiger partial charge in [0.15, 0.2) is 0 Å². The van der Waals surface area contributed by atoms with E-state index >= 15 is 0 Å². The number of hydrogen-bond donors (Lipinski definition) is 1. The molecule has 2 aromatic carbocycles. The molecule has 1 N–H and O–H groups in total. The maximum absolute atomic E-state index is 12.9. The number of benzene rings is 2. The molecular weight excluding hydrogens is 319 g/mol. The highest BCUT2D eigenvalue weighted by molar-refractivity contribution is 5.78. The van der Waals surface area contributed by atoms with Crippen LogP contribution in [0.2, 0.25) is 0 Å². The number of nitrogens with one attached hydrogen (secondary N) is 1. The van der Waals surface area contributed by atoms with Gasteiger partial charge in [0.2, 0.25) is 5.91 Å². The molecule has 1 saturated heterocycles. The van der Waals surface area contributed by atoms with Gasteiger partial charge < -0.3 is 10.1 Å². The van der Waals surface area contributed by atoms with E-state index in [9.17, 15) is 9.18 Å². The van der Waals surface area contributed by atoms with Crippen molar-refractivity contribution in [2.24, 2.45) is 0 Å². The third kappa shape index (κ3) is 5.37. The van der Waals surface area contributed by atoms with Gasteiger partial charge in [-0.2, -0.15) is 0 Å². The van der Waals surface area contributed by atoms with Crippen LogP contribution in [0.3, 0.4) is 0 Å². The minimum absolute atomic E-state index is 0.0100. The lowest BCUT2D eigenvalue weighted by molar-refractivity contribution is -0.124. The third-order valence-corrected chi connectivity index (χ3v) is 4.34. The summed E-state index contributed by atoms with van der Waals surface area (Å²) in [6, 6.07) is 16.5. The van der Waals surface area contributed by atoms with Gasteiger partial charge in [0.05, 0.1) is 19.3 Å². The monoisotopic (exact) mass is 342 g/mol. The molecule has 1 fully saturated rings. The van der Waals surface area contributed by atoms with Crippen LogP contribution in [0.1, 0.15) is 17.2 Å². The summed E-state index contributed by atoms with van der Waals surface area (Å²) in [6.07, 6.45) is 0.712. The van der Waals surface area contributed by atoms with Crippen molar-refractivity contribution >= 4 is 5.91 Å². The van der Waals surface area contributed by atoms with E-state index in [1.165, 1.54) is 12.1 Å². The third-order valence-electron chi connectivity index (χ3n) is 4.34. The molecule has 0 spiro atoms. The zero-order chi connectivity index (χ0) is 17.5. The molecule has 0 bridgehead atoms. The van der Waals surface area contributed by atoms with Gasteiger partial charge in [-0.1, -0.05) is 42.5 Å². The van der Waals surface area contributed by atoms with Crippen LogP contribution in [-0.2, 0) is 16.0 Å². The lowest BCUT2D eigenvalue weighted by Crippen LogP contribution is -2.44. The normalized spacial score (nSPS) is 18.0. The number of halogens is 1. The summed E-state index contributed by atoms with van der Waals surface area (Å²) in [7, 11) is 0. The molecule has 5 heteroatoms. The van der Waals surface area contributed by atoms with E-state index in [0.29, 0.717) is 26.1 Å². The summed E-state index contributed by atoms with van der Waals surface area (Å²) in [5.74, 6) is -0.233. The highest BCUT2D eigenvalue weighted by atomic mass is 19.1. The van der Waals surface area contributed by atoms with Crippen LogP contribution in [0, 0.1) is 5.82 Å². The Morgan fingerprint density at radius 1 is 1.16 bits per heavy atom. The molecule has 1 amide bonds. The summed E-state index contributed by atoms with van der Waals surface area (Å²) in [5, 5.41) is 2.93. The minimum atomic E-state index is -0.243. The van der Waals surface area contributed by atoms with Gasteiger partial charge >= 0.3 is 0 Å². The molecule has 0 saturated carbocycles. The van der Waals surface area contributed by atoms with Crippen LogP contribution in [0.15, 0.2) is 54.6 Å². The molecule has 25 heavy (non-hydrogen) atoms. The van der Waals surface area contributed by atoms with Crippen molar-refractivity contribution in [1.82, 2.24) is 10.2 Å². The molecule has 0 aromatic heterocycles. The number of rotatable bonds is 6. The van der Waals surface area contributed by atoms with Crippen LogP contribution in [0.5, 0.6) is 0 Å². The average molecular weight is 342 g/mol. The average Bonchev–Trinajstić information content (AvgIpc) is 2.64. The van der Waals surface area contributed by atoms with Gasteiger partial charge in [0, 0.05) is 19.6 Å². The maximum atomic E-state index is 12.9. The number of amides is 1. The number of hydrogen-bond acceptors (Lipinski definition) is 3. The smallest absolute Gasteiger partial charge is 0.234 e. The number of carbonyl (C=O) groups is 1. The molecule has 3 rings (SSSR count). The lowest BCUT2D eigenvalue weighted by atomic mass is 10.1. The second kappa shape index (κ2) is 8.74. The van der Waals surface area contributed by atoms with E-state index in [4.69, 9.17) is 4.74 Å². The molecule has 0 aliphatic carbocycles. The Kier molecular flexibility index (Phi) is 6.14. The van der Waals surface area contributed by atoms with Gasteiger partial charge in [0.25, 0.3) is 0 Å². The second-order valence-electron chi connectivity index (χ2n) is 6.23. The Bertz CT molecular complexity index is 676. The van der Waals surface area contributed by atoms with E-state index in [1.807, 2.05) is 18.2 Å². The Balaban J connectivity index is 1.42. The van der Waals surface area contributed by atoms with Crippen molar-refractivity contribution in [3.63, 3.8) is 0 Å². The zero-order valence-electron chi connectivity index (χ0n) is 14.2. The van der Waals surface area contributed by atoms with Crippen LogP contribution in [0.4, 0.5) is 4.39 Å². The number of morpholine rings is 1. The lowest BCUT2D eigenvalue weighted by Gasteiger charge is -2.32. The predicted molar refractivity (Wildman–Crippen MR) is 94.7 cm³/mol. The first-order valence-corrected chi connectivity index (χ1v) is 8.61. The summed E-state index contributed by atoms with van der Waals surface area (Å²) in [5.41, 5.74) is 2.15.